The minimum atomic E-state index is -0.299. The molecule has 94 valence electrons. The van der Waals surface area contributed by atoms with Crippen LogP contribution in [0.5, 0.6) is 11.5 Å². The molecule has 0 spiro atoms. The molecule has 1 amide bonds. The third-order valence-corrected chi connectivity index (χ3v) is 2.72. The molecule has 5 heteroatoms. The minimum Gasteiger partial charge on any atom is -0.486 e. The van der Waals surface area contributed by atoms with Crippen molar-refractivity contribution < 1.29 is 14.3 Å². The molecule has 0 aromatic heterocycles. The van der Waals surface area contributed by atoms with Crippen LogP contribution in [0.1, 0.15) is 13.3 Å². The molecule has 2 atom stereocenters. The van der Waals surface area contributed by atoms with Crippen molar-refractivity contribution in [2.45, 2.75) is 25.5 Å². The number of nitriles is 1. The van der Waals surface area contributed by atoms with E-state index < -0.39 is 0 Å². The molecule has 1 aromatic rings. The van der Waals surface area contributed by atoms with Gasteiger partial charge in [-0.05, 0) is 19.1 Å². The first-order chi connectivity index (χ1) is 8.70. The van der Waals surface area contributed by atoms with Gasteiger partial charge in [0.15, 0.2) is 17.6 Å². The lowest BCUT2D eigenvalue weighted by Crippen LogP contribution is -2.48. The molecular weight excluding hydrogens is 232 g/mol. The number of nitrogens with zero attached hydrogens (tertiary/aromatic N) is 1. The van der Waals surface area contributed by atoms with Crippen LogP contribution in [0.3, 0.4) is 0 Å². The zero-order valence-electron chi connectivity index (χ0n) is 10.1. The Morgan fingerprint density at radius 3 is 3.00 bits per heavy atom. The molecule has 1 aliphatic rings. The highest BCUT2D eigenvalue weighted by molar-refractivity contribution is 5.78. The van der Waals surface area contributed by atoms with Gasteiger partial charge in [-0.15, -0.1) is 0 Å². The summed E-state index contributed by atoms with van der Waals surface area (Å²) < 4.78 is 11.3. The molecule has 5 nitrogen and oxygen atoms in total. The molecule has 18 heavy (non-hydrogen) atoms. The summed E-state index contributed by atoms with van der Waals surface area (Å²) in [6.45, 7) is 2.21. The van der Waals surface area contributed by atoms with Gasteiger partial charge in [0.2, 0.25) is 5.91 Å². The fourth-order valence-corrected chi connectivity index (χ4v) is 1.75. The van der Waals surface area contributed by atoms with Crippen LogP contribution in [0, 0.1) is 11.3 Å². The van der Waals surface area contributed by atoms with Crippen molar-refractivity contribution >= 4 is 5.91 Å². The van der Waals surface area contributed by atoms with E-state index in [2.05, 4.69) is 5.32 Å². The Balaban J connectivity index is 1.96. The van der Waals surface area contributed by atoms with E-state index in [4.69, 9.17) is 14.7 Å². The largest absolute Gasteiger partial charge is 0.486 e. The molecule has 1 aromatic carbocycles. The number of carbonyl (C=O) groups is 1. The van der Waals surface area contributed by atoms with Crippen molar-refractivity contribution in [1.29, 1.82) is 5.26 Å². The monoisotopic (exact) mass is 246 g/mol. The van der Waals surface area contributed by atoms with Gasteiger partial charge >= 0.3 is 0 Å². The third kappa shape index (κ3) is 2.72. The van der Waals surface area contributed by atoms with Gasteiger partial charge in [0.05, 0.1) is 12.1 Å². The van der Waals surface area contributed by atoms with E-state index in [1.807, 2.05) is 37.3 Å². The molecule has 0 aliphatic carbocycles. The van der Waals surface area contributed by atoms with Crippen molar-refractivity contribution in [2.24, 2.45) is 0 Å². The number of fused-ring (bicyclic) bond motifs is 1. The van der Waals surface area contributed by atoms with Gasteiger partial charge in [-0.3, -0.25) is 4.79 Å². The number of hydrogen-bond acceptors (Lipinski definition) is 4. The van der Waals surface area contributed by atoms with Crippen LogP contribution < -0.4 is 14.8 Å². The predicted octanol–water partition coefficient (Wildman–Crippen LogP) is 1.24. The summed E-state index contributed by atoms with van der Waals surface area (Å²) in [5.41, 5.74) is 0. The lowest BCUT2D eigenvalue weighted by Gasteiger charge is -2.30. The lowest BCUT2D eigenvalue weighted by atomic mass is 10.1. The molecule has 1 aliphatic heterocycles. The highest BCUT2D eigenvalue weighted by Crippen LogP contribution is 2.31. The molecular formula is C13H14N2O3. The first kappa shape index (κ1) is 12.2. The van der Waals surface area contributed by atoms with Gasteiger partial charge in [0, 0.05) is 0 Å². The fourth-order valence-electron chi connectivity index (χ4n) is 1.75. The number of rotatable bonds is 3. The molecule has 1 heterocycles. The second-order valence-corrected chi connectivity index (χ2v) is 4.11. The van der Waals surface area contributed by atoms with Crippen LogP contribution >= 0.6 is 0 Å². The molecule has 0 saturated carbocycles. The molecule has 0 fully saturated rings. The number of benzene rings is 1. The van der Waals surface area contributed by atoms with Gasteiger partial charge in [-0.2, -0.15) is 5.26 Å². The molecule has 0 radical (unpaired) electrons. The van der Waals surface area contributed by atoms with Gasteiger partial charge < -0.3 is 14.8 Å². The Hall–Kier alpha value is -2.22. The SMILES string of the molecule is C[C@H](NC(=O)CC#N)[C@H]1COc2ccccc2O1. The molecule has 1 N–H and O–H groups in total. The van der Waals surface area contributed by atoms with Crippen molar-refractivity contribution in [1.82, 2.24) is 5.32 Å². The second kappa shape index (κ2) is 5.41. The number of carbonyl (C=O) groups excluding carboxylic acids is 1. The Morgan fingerprint density at radius 1 is 1.56 bits per heavy atom. The summed E-state index contributed by atoms with van der Waals surface area (Å²) >= 11 is 0. The van der Waals surface area contributed by atoms with Crippen LogP contribution in [-0.2, 0) is 4.79 Å². The van der Waals surface area contributed by atoms with Crippen molar-refractivity contribution in [2.75, 3.05) is 6.61 Å². The average Bonchev–Trinajstić information content (AvgIpc) is 2.38. The van der Waals surface area contributed by atoms with Gasteiger partial charge in [0.1, 0.15) is 13.0 Å². The normalized spacial score (nSPS) is 18.6. The highest BCUT2D eigenvalue weighted by atomic mass is 16.6. The number of nitrogens with one attached hydrogen (secondary N) is 1. The number of hydrogen-bond donors (Lipinski definition) is 1. The topological polar surface area (TPSA) is 71.4 Å². The first-order valence-corrected chi connectivity index (χ1v) is 5.75. The maximum absolute atomic E-state index is 11.3. The second-order valence-electron chi connectivity index (χ2n) is 4.11. The van der Waals surface area contributed by atoms with Crippen LogP contribution in [0.2, 0.25) is 0 Å². The Morgan fingerprint density at radius 2 is 2.28 bits per heavy atom. The summed E-state index contributed by atoms with van der Waals surface area (Å²) in [5, 5.41) is 11.1. The molecule has 0 saturated heterocycles. The Bertz CT molecular complexity index is 481. The maximum atomic E-state index is 11.3. The number of para-hydroxylation sites is 2. The zero-order chi connectivity index (χ0) is 13.0. The van der Waals surface area contributed by atoms with Gasteiger partial charge in [0.25, 0.3) is 0 Å². The van der Waals surface area contributed by atoms with E-state index in [-0.39, 0.29) is 24.5 Å². The van der Waals surface area contributed by atoms with Crippen molar-refractivity contribution in [3.05, 3.63) is 24.3 Å². The van der Waals surface area contributed by atoms with E-state index >= 15 is 0 Å². The zero-order valence-corrected chi connectivity index (χ0v) is 10.1. The van der Waals surface area contributed by atoms with Crippen LogP contribution in [0.15, 0.2) is 24.3 Å². The maximum Gasteiger partial charge on any atom is 0.234 e. The predicted molar refractivity (Wildman–Crippen MR) is 64.2 cm³/mol. The van der Waals surface area contributed by atoms with Crippen molar-refractivity contribution in [3.63, 3.8) is 0 Å². The van der Waals surface area contributed by atoms with E-state index in [0.717, 1.165) is 0 Å². The summed E-state index contributed by atoms with van der Waals surface area (Å²) in [7, 11) is 0. The Kier molecular flexibility index (Phi) is 3.68. The van der Waals surface area contributed by atoms with E-state index in [9.17, 15) is 4.79 Å². The van der Waals surface area contributed by atoms with Crippen LogP contribution in [0.4, 0.5) is 0 Å². The summed E-state index contributed by atoms with van der Waals surface area (Å²) in [6, 6.07) is 9.00. The lowest BCUT2D eigenvalue weighted by molar-refractivity contribution is -0.121. The first-order valence-electron chi connectivity index (χ1n) is 5.75. The minimum absolute atomic E-state index is 0.144. The summed E-state index contributed by atoms with van der Waals surface area (Å²) in [5.74, 6) is 1.09. The number of ether oxygens (including phenoxy) is 2. The summed E-state index contributed by atoms with van der Waals surface area (Å²) in [4.78, 5) is 11.3. The van der Waals surface area contributed by atoms with Crippen LogP contribution in [-0.4, -0.2) is 24.7 Å². The van der Waals surface area contributed by atoms with Crippen LogP contribution in [0.25, 0.3) is 0 Å². The molecule has 0 bridgehead atoms. The molecule has 0 unspecified atom stereocenters. The highest BCUT2D eigenvalue weighted by Gasteiger charge is 2.26. The van der Waals surface area contributed by atoms with Crippen molar-refractivity contribution in [3.8, 4) is 17.6 Å². The van der Waals surface area contributed by atoms with E-state index in [1.54, 1.807) is 0 Å². The standard InChI is InChI=1S/C13H14N2O3/c1-9(15-13(16)6-7-14)12-8-17-10-4-2-3-5-11(10)18-12/h2-5,9,12H,6,8H2,1H3,(H,15,16)/t9-,12+/m0/s1. The van der Waals surface area contributed by atoms with Gasteiger partial charge in [-0.25, -0.2) is 0 Å². The quantitative estimate of drug-likeness (QED) is 0.871. The van der Waals surface area contributed by atoms with Gasteiger partial charge in [-0.1, -0.05) is 12.1 Å². The third-order valence-electron chi connectivity index (χ3n) is 2.72. The average molecular weight is 246 g/mol. The fraction of sp³-hybridized carbons (Fsp3) is 0.385. The Labute approximate surface area is 105 Å². The summed E-state index contributed by atoms with van der Waals surface area (Å²) in [6.07, 6.45) is -0.392. The smallest absolute Gasteiger partial charge is 0.234 e. The van der Waals surface area contributed by atoms with E-state index in [1.165, 1.54) is 0 Å². The number of amides is 1. The molecule has 2 rings (SSSR count). The van der Waals surface area contributed by atoms with E-state index in [0.29, 0.717) is 18.1 Å².